The molecule has 4 rings (SSSR count). The van der Waals surface area contributed by atoms with Crippen molar-refractivity contribution in [2.24, 2.45) is 0 Å². The first-order chi connectivity index (χ1) is 12.8. The second-order valence-electron chi connectivity index (χ2n) is 7.35. The predicted octanol–water partition coefficient (Wildman–Crippen LogP) is 3.15. The van der Waals surface area contributed by atoms with Crippen molar-refractivity contribution in [3.8, 4) is 0 Å². The molecule has 0 saturated carbocycles. The zero-order valence-corrected chi connectivity index (χ0v) is 15.2. The summed E-state index contributed by atoms with van der Waals surface area (Å²) in [6, 6.07) is 16.9. The third-order valence-electron chi connectivity index (χ3n) is 5.58. The van der Waals surface area contributed by atoms with Crippen LogP contribution in [-0.4, -0.2) is 37.0 Å². The van der Waals surface area contributed by atoms with Gasteiger partial charge in [0.25, 0.3) is 0 Å². The SMILES string of the molecule is O=C1NCc2ccccc2C1CNc1ccc(CCN2CCCC2)cc1. The number of hydrogen-bond donors (Lipinski definition) is 2. The molecule has 26 heavy (non-hydrogen) atoms. The maximum absolute atomic E-state index is 12.3. The highest BCUT2D eigenvalue weighted by Crippen LogP contribution is 2.25. The number of carbonyl (C=O) groups is 1. The number of carbonyl (C=O) groups excluding carboxylic acids is 1. The number of amides is 1. The molecular weight excluding hydrogens is 322 g/mol. The lowest BCUT2D eigenvalue weighted by Crippen LogP contribution is -2.37. The van der Waals surface area contributed by atoms with E-state index in [1.165, 1.54) is 37.1 Å². The summed E-state index contributed by atoms with van der Waals surface area (Å²) in [6.45, 7) is 4.92. The standard InChI is InChI=1S/C22H27N3O/c26-22-21(20-6-2-1-5-18(20)15-24-22)16-23-19-9-7-17(8-10-19)11-14-25-12-3-4-13-25/h1-2,5-10,21,23H,3-4,11-16H2,(H,24,26). The number of nitrogens with one attached hydrogen (secondary N) is 2. The molecule has 2 aromatic rings. The average molecular weight is 349 g/mol. The van der Waals surface area contributed by atoms with Crippen molar-refractivity contribution in [3.05, 3.63) is 65.2 Å². The van der Waals surface area contributed by atoms with Crippen molar-refractivity contribution in [2.45, 2.75) is 31.7 Å². The quantitative estimate of drug-likeness (QED) is 0.842. The van der Waals surface area contributed by atoms with Crippen LogP contribution in [0.3, 0.4) is 0 Å². The van der Waals surface area contributed by atoms with E-state index in [1.807, 2.05) is 12.1 Å². The van der Waals surface area contributed by atoms with Gasteiger partial charge >= 0.3 is 0 Å². The topological polar surface area (TPSA) is 44.4 Å². The lowest BCUT2D eigenvalue weighted by molar-refractivity contribution is -0.122. The van der Waals surface area contributed by atoms with Crippen molar-refractivity contribution in [1.29, 1.82) is 0 Å². The Labute approximate surface area is 155 Å². The zero-order chi connectivity index (χ0) is 17.8. The molecule has 4 nitrogen and oxygen atoms in total. The van der Waals surface area contributed by atoms with Gasteiger partial charge in [0.1, 0.15) is 0 Å². The molecule has 4 heteroatoms. The summed E-state index contributed by atoms with van der Waals surface area (Å²) >= 11 is 0. The van der Waals surface area contributed by atoms with Crippen LogP contribution in [0.25, 0.3) is 0 Å². The van der Waals surface area contributed by atoms with Crippen LogP contribution < -0.4 is 10.6 Å². The van der Waals surface area contributed by atoms with Gasteiger partial charge < -0.3 is 15.5 Å². The van der Waals surface area contributed by atoms with Gasteiger partial charge in [-0.2, -0.15) is 0 Å². The number of fused-ring (bicyclic) bond motifs is 1. The number of hydrogen-bond acceptors (Lipinski definition) is 3. The smallest absolute Gasteiger partial charge is 0.229 e. The molecule has 0 radical (unpaired) electrons. The largest absolute Gasteiger partial charge is 0.384 e. The Bertz CT molecular complexity index is 750. The lowest BCUT2D eigenvalue weighted by atomic mass is 9.90. The van der Waals surface area contributed by atoms with Gasteiger partial charge in [-0.3, -0.25) is 4.79 Å². The summed E-state index contributed by atoms with van der Waals surface area (Å²) in [7, 11) is 0. The molecule has 2 aromatic carbocycles. The van der Waals surface area contributed by atoms with E-state index in [-0.39, 0.29) is 11.8 Å². The van der Waals surface area contributed by atoms with Crippen LogP contribution in [0.4, 0.5) is 5.69 Å². The second kappa shape index (κ2) is 7.92. The van der Waals surface area contributed by atoms with E-state index >= 15 is 0 Å². The average Bonchev–Trinajstić information content (AvgIpc) is 3.20. The molecule has 0 spiro atoms. The highest BCUT2D eigenvalue weighted by Gasteiger charge is 2.26. The maximum Gasteiger partial charge on any atom is 0.229 e. The fraction of sp³-hybridized carbons (Fsp3) is 0.409. The van der Waals surface area contributed by atoms with Crippen LogP contribution >= 0.6 is 0 Å². The minimum Gasteiger partial charge on any atom is -0.384 e. The Hall–Kier alpha value is -2.33. The molecule has 1 atom stereocenters. The van der Waals surface area contributed by atoms with Crippen molar-refractivity contribution in [1.82, 2.24) is 10.2 Å². The van der Waals surface area contributed by atoms with E-state index < -0.39 is 0 Å². The molecule has 1 fully saturated rings. The number of nitrogens with zero attached hydrogens (tertiary/aromatic N) is 1. The molecular formula is C22H27N3O. The number of benzene rings is 2. The van der Waals surface area contributed by atoms with E-state index in [0.717, 1.165) is 24.2 Å². The van der Waals surface area contributed by atoms with Crippen LogP contribution in [0, 0.1) is 0 Å². The van der Waals surface area contributed by atoms with Crippen molar-refractivity contribution < 1.29 is 4.79 Å². The molecule has 0 bridgehead atoms. The fourth-order valence-corrected chi connectivity index (χ4v) is 3.99. The van der Waals surface area contributed by atoms with Crippen molar-refractivity contribution in [3.63, 3.8) is 0 Å². The first kappa shape index (κ1) is 17.1. The number of likely N-dealkylation sites (tertiary alicyclic amines) is 1. The molecule has 0 aliphatic carbocycles. The molecule has 2 aliphatic heterocycles. The summed E-state index contributed by atoms with van der Waals surface area (Å²) in [5.74, 6) is -0.0202. The lowest BCUT2D eigenvalue weighted by Gasteiger charge is -2.26. The molecule has 2 heterocycles. The highest BCUT2D eigenvalue weighted by molar-refractivity contribution is 5.86. The zero-order valence-electron chi connectivity index (χ0n) is 15.2. The minimum absolute atomic E-state index is 0.110. The van der Waals surface area contributed by atoms with E-state index in [9.17, 15) is 4.79 Å². The van der Waals surface area contributed by atoms with Crippen molar-refractivity contribution >= 4 is 11.6 Å². The summed E-state index contributed by atoms with van der Waals surface area (Å²) < 4.78 is 0. The Morgan fingerprint density at radius 1 is 1.04 bits per heavy atom. The Morgan fingerprint density at radius 3 is 2.62 bits per heavy atom. The molecule has 136 valence electrons. The Kier molecular flexibility index (Phi) is 5.21. The molecule has 1 amide bonds. The summed E-state index contributed by atoms with van der Waals surface area (Å²) in [5.41, 5.74) is 4.82. The molecule has 1 saturated heterocycles. The minimum atomic E-state index is -0.130. The van der Waals surface area contributed by atoms with Crippen LogP contribution in [-0.2, 0) is 17.8 Å². The highest BCUT2D eigenvalue weighted by atomic mass is 16.1. The summed E-state index contributed by atoms with van der Waals surface area (Å²) in [4.78, 5) is 14.8. The monoisotopic (exact) mass is 349 g/mol. The van der Waals surface area contributed by atoms with Gasteiger partial charge in [0.15, 0.2) is 0 Å². The Morgan fingerprint density at radius 2 is 1.81 bits per heavy atom. The summed E-state index contributed by atoms with van der Waals surface area (Å²) in [5, 5.41) is 6.43. The summed E-state index contributed by atoms with van der Waals surface area (Å²) in [6.07, 6.45) is 3.81. The molecule has 1 unspecified atom stereocenters. The van der Waals surface area contributed by atoms with E-state index in [0.29, 0.717) is 13.1 Å². The second-order valence-corrected chi connectivity index (χ2v) is 7.35. The molecule has 2 aliphatic rings. The van der Waals surface area contributed by atoms with E-state index in [1.54, 1.807) is 0 Å². The van der Waals surface area contributed by atoms with Crippen LogP contribution in [0.2, 0.25) is 0 Å². The molecule has 0 aromatic heterocycles. The van der Waals surface area contributed by atoms with Crippen LogP contribution in [0.1, 0.15) is 35.4 Å². The Balaban J connectivity index is 1.34. The van der Waals surface area contributed by atoms with Crippen molar-refractivity contribution in [2.75, 3.05) is 31.5 Å². The fourth-order valence-electron chi connectivity index (χ4n) is 3.99. The van der Waals surface area contributed by atoms with E-state index in [2.05, 4.69) is 51.9 Å². The van der Waals surface area contributed by atoms with Gasteiger partial charge in [-0.05, 0) is 61.2 Å². The number of rotatable bonds is 6. The third kappa shape index (κ3) is 3.91. The third-order valence-corrected chi connectivity index (χ3v) is 5.58. The van der Waals surface area contributed by atoms with Gasteiger partial charge in [-0.1, -0.05) is 36.4 Å². The van der Waals surface area contributed by atoms with Gasteiger partial charge in [0.05, 0.1) is 5.92 Å². The normalized spacial score (nSPS) is 19.8. The first-order valence-corrected chi connectivity index (χ1v) is 9.70. The van der Waals surface area contributed by atoms with Gasteiger partial charge in [0, 0.05) is 25.3 Å². The molecule has 2 N–H and O–H groups in total. The van der Waals surface area contributed by atoms with Gasteiger partial charge in [-0.25, -0.2) is 0 Å². The first-order valence-electron chi connectivity index (χ1n) is 9.70. The number of anilines is 1. The van der Waals surface area contributed by atoms with E-state index in [4.69, 9.17) is 0 Å². The van der Waals surface area contributed by atoms with Crippen LogP contribution in [0.5, 0.6) is 0 Å². The van der Waals surface area contributed by atoms with Gasteiger partial charge in [-0.15, -0.1) is 0 Å². The maximum atomic E-state index is 12.3. The predicted molar refractivity (Wildman–Crippen MR) is 105 cm³/mol. The van der Waals surface area contributed by atoms with Crippen LogP contribution in [0.15, 0.2) is 48.5 Å². The van der Waals surface area contributed by atoms with Gasteiger partial charge in [0.2, 0.25) is 5.91 Å².